The molecule has 0 saturated carbocycles. The molecule has 0 saturated heterocycles. The molecule has 0 heterocycles. The van der Waals surface area contributed by atoms with Gasteiger partial charge in [0.1, 0.15) is 0 Å². The van der Waals surface area contributed by atoms with Crippen molar-refractivity contribution in [2.24, 2.45) is 0 Å². The van der Waals surface area contributed by atoms with E-state index in [1.165, 1.54) is 5.56 Å². The highest BCUT2D eigenvalue weighted by Crippen LogP contribution is 2.27. The van der Waals surface area contributed by atoms with E-state index in [-0.39, 0.29) is 5.91 Å². The average Bonchev–Trinajstić information content (AvgIpc) is 2.61. The lowest BCUT2D eigenvalue weighted by molar-refractivity contribution is -0.122. The zero-order valence-electron chi connectivity index (χ0n) is 15.1. The second-order valence-electron chi connectivity index (χ2n) is 5.85. The SMILES string of the molecule is CCOc1ccc(CNC(=O)CN(C)Cc2ccccc2)cc1OC. The van der Waals surface area contributed by atoms with Gasteiger partial charge in [0.2, 0.25) is 5.91 Å². The maximum atomic E-state index is 12.1. The van der Waals surface area contributed by atoms with Crippen molar-refractivity contribution in [3.8, 4) is 11.5 Å². The lowest BCUT2D eigenvalue weighted by atomic mass is 10.2. The molecule has 1 amide bonds. The minimum absolute atomic E-state index is 0.00807. The number of nitrogens with zero attached hydrogens (tertiary/aromatic N) is 1. The van der Waals surface area contributed by atoms with E-state index in [9.17, 15) is 4.79 Å². The number of amides is 1. The number of nitrogens with one attached hydrogen (secondary N) is 1. The molecule has 2 rings (SSSR count). The molecule has 1 N–H and O–H groups in total. The summed E-state index contributed by atoms with van der Waals surface area (Å²) < 4.78 is 10.8. The molecule has 134 valence electrons. The van der Waals surface area contributed by atoms with Crippen LogP contribution in [0, 0.1) is 0 Å². The first-order valence-electron chi connectivity index (χ1n) is 8.41. The number of hydrogen-bond donors (Lipinski definition) is 1. The summed E-state index contributed by atoms with van der Waals surface area (Å²) in [6.45, 7) is 4.06. The molecule has 2 aromatic carbocycles. The molecule has 0 aliphatic rings. The zero-order chi connectivity index (χ0) is 18.1. The number of hydrogen-bond acceptors (Lipinski definition) is 4. The van der Waals surface area contributed by atoms with E-state index in [0.717, 1.165) is 12.1 Å². The topological polar surface area (TPSA) is 50.8 Å². The molecule has 0 aliphatic heterocycles. The maximum absolute atomic E-state index is 12.1. The minimum atomic E-state index is -0.00807. The molecule has 0 atom stereocenters. The van der Waals surface area contributed by atoms with E-state index in [0.29, 0.717) is 31.2 Å². The highest BCUT2D eigenvalue weighted by Gasteiger charge is 2.09. The summed E-state index contributed by atoms with van der Waals surface area (Å²) in [4.78, 5) is 14.1. The first kappa shape index (κ1) is 18.8. The van der Waals surface area contributed by atoms with Crippen LogP contribution in [0.2, 0.25) is 0 Å². The highest BCUT2D eigenvalue weighted by molar-refractivity contribution is 5.78. The Morgan fingerprint density at radius 2 is 1.84 bits per heavy atom. The van der Waals surface area contributed by atoms with Gasteiger partial charge in [-0.3, -0.25) is 9.69 Å². The van der Waals surface area contributed by atoms with Crippen LogP contribution < -0.4 is 14.8 Å². The van der Waals surface area contributed by atoms with Crippen molar-refractivity contribution in [2.45, 2.75) is 20.0 Å². The second kappa shape index (κ2) is 9.69. The van der Waals surface area contributed by atoms with E-state index in [1.807, 2.05) is 55.3 Å². The van der Waals surface area contributed by atoms with Crippen LogP contribution in [0.3, 0.4) is 0 Å². The summed E-state index contributed by atoms with van der Waals surface area (Å²) in [6.07, 6.45) is 0. The molecule has 0 spiro atoms. The van der Waals surface area contributed by atoms with Crippen LogP contribution in [0.5, 0.6) is 11.5 Å². The lowest BCUT2D eigenvalue weighted by Crippen LogP contribution is -2.34. The minimum Gasteiger partial charge on any atom is -0.493 e. The van der Waals surface area contributed by atoms with Crippen molar-refractivity contribution >= 4 is 5.91 Å². The number of carbonyl (C=O) groups excluding carboxylic acids is 1. The Hall–Kier alpha value is -2.53. The summed E-state index contributed by atoms with van der Waals surface area (Å²) in [5.74, 6) is 1.38. The highest BCUT2D eigenvalue weighted by atomic mass is 16.5. The number of ether oxygens (including phenoxy) is 2. The van der Waals surface area contributed by atoms with Gasteiger partial charge < -0.3 is 14.8 Å². The van der Waals surface area contributed by atoms with Gasteiger partial charge in [0.05, 0.1) is 20.3 Å². The normalized spacial score (nSPS) is 10.6. The van der Waals surface area contributed by atoms with Crippen molar-refractivity contribution in [1.82, 2.24) is 10.2 Å². The number of rotatable bonds is 9. The maximum Gasteiger partial charge on any atom is 0.234 e. The fraction of sp³-hybridized carbons (Fsp3) is 0.350. The van der Waals surface area contributed by atoms with Gasteiger partial charge in [0.25, 0.3) is 0 Å². The summed E-state index contributed by atoms with van der Waals surface area (Å²) in [6, 6.07) is 15.8. The van der Waals surface area contributed by atoms with Crippen molar-refractivity contribution in [2.75, 3.05) is 27.3 Å². The Morgan fingerprint density at radius 1 is 1.08 bits per heavy atom. The van der Waals surface area contributed by atoms with Crippen LogP contribution in [0.15, 0.2) is 48.5 Å². The summed E-state index contributed by atoms with van der Waals surface area (Å²) in [5.41, 5.74) is 2.16. The number of likely N-dealkylation sites (N-methyl/N-ethyl adjacent to an activating group) is 1. The molecule has 5 heteroatoms. The third kappa shape index (κ3) is 6.12. The van der Waals surface area contributed by atoms with E-state index < -0.39 is 0 Å². The number of benzene rings is 2. The van der Waals surface area contributed by atoms with Gasteiger partial charge in [0.15, 0.2) is 11.5 Å². The van der Waals surface area contributed by atoms with Crippen LogP contribution in [-0.2, 0) is 17.9 Å². The van der Waals surface area contributed by atoms with E-state index in [2.05, 4.69) is 17.4 Å². The molecule has 0 aromatic heterocycles. The number of carbonyl (C=O) groups is 1. The van der Waals surface area contributed by atoms with E-state index >= 15 is 0 Å². The predicted molar refractivity (Wildman–Crippen MR) is 98.8 cm³/mol. The Bertz CT molecular complexity index is 674. The first-order chi connectivity index (χ1) is 12.1. The van der Waals surface area contributed by atoms with Gasteiger partial charge in [-0.15, -0.1) is 0 Å². The third-order valence-electron chi connectivity index (χ3n) is 3.73. The quantitative estimate of drug-likeness (QED) is 0.761. The molecule has 2 aromatic rings. The van der Waals surface area contributed by atoms with Gasteiger partial charge in [-0.2, -0.15) is 0 Å². The molecular weight excluding hydrogens is 316 g/mol. The van der Waals surface area contributed by atoms with E-state index in [4.69, 9.17) is 9.47 Å². The van der Waals surface area contributed by atoms with Crippen LogP contribution in [-0.4, -0.2) is 38.1 Å². The molecular formula is C20H26N2O3. The summed E-state index contributed by atoms with van der Waals surface area (Å²) >= 11 is 0. The largest absolute Gasteiger partial charge is 0.493 e. The molecule has 0 aliphatic carbocycles. The Balaban J connectivity index is 1.83. The van der Waals surface area contributed by atoms with Crippen LogP contribution in [0.25, 0.3) is 0 Å². The first-order valence-corrected chi connectivity index (χ1v) is 8.41. The lowest BCUT2D eigenvalue weighted by Gasteiger charge is -2.16. The fourth-order valence-electron chi connectivity index (χ4n) is 2.55. The van der Waals surface area contributed by atoms with Gasteiger partial charge in [-0.1, -0.05) is 36.4 Å². The third-order valence-corrected chi connectivity index (χ3v) is 3.73. The van der Waals surface area contributed by atoms with Crippen molar-refractivity contribution in [3.63, 3.8) is 0 Å². The standard InChI is InChI=1S/C20H26N2O3/c1-4-25-18-11-10-17(12-19(18)24-3)13-21-20(23)15-22(2)14-16-8-6-5-7-9-16/h5-12H,4,13-15H2,1-3H3,(H,21,23). The smallest absolute Gasteiger partial charge is 0.234 e. The van der Waals surface area contributed by atoms with Crippen LogP contribution in [0.4, 0.5) is 0 Å². The average molecular weight is 342 g/mol. The molecule has 5 nitrogen and oxygen atoms in total. The second-order valence-corrected chi connectivity index (χ2v) is 5.85. The predicted octanol–water partition coefficient (Wildman–Crippen LogP) is 2.84. The van der Waals surface area contributed by atoms with Crippen LogP contribution >= 0.6 is 0 Å². The molecule has 25 heavy (non-hydrogen) atoms. The van der Waals surface area contributed by atoms with Gasteiger partial charge in [-0.25, -0.2) is 0 Å². The van der Waals surface area contributed by atoms with Crippen molar-refractivity contribution in [3.05, 3.63) is 59.7 Å². The van der Waals surface area contributed by atoms with E-state index in [1.54, 1.807) is 7.11 Å². The zero-order valence-corrected chi connectivity index (χ0v) is 15.1. The molecule has 0 fully saturated rings. The van der Waals surface area contributed by atoms with Crippen molar-refractivity contribution in [1.29, 1.82) is 0 Å². The number of methoxy groups -OCH3 is 1. The summed E-state index contributed by atoms with van der Waals surface area (Å²) in [7, 11) is 3.55. The molecule has 0 radical (unpaired) electrons. The fourth-order valence-corrected chi connectivity index (χ4v) is 2.55. The molecule has 0 bridgehead atoms. The monoisotopic (exact) mass is 342 g/mol. The van der Waals surface area contributed by atoms with Crippen molar-refractivity contribution < 1.29 is 14.3 Å². The molecule has 0 unspecified atom stereocenters. The van der Waals surface area contributed by atoms with Gasteiger partial charge in [-0.05, 0) is 37.2 Å². The van der Waals surface area contributed by atoms with Gasteiger partial charge in [0, 0.05) is 13.1 Å². The summed E-state index contributed by atoms with van der Waals surface area (Å²) in [5, 5.41) is 2.94. The van der Waals surface area contributed by atoms with Gasteiger partial charge >= 0.3 is 0 Å². The Morgan fingerprint density at radius 3 is 2.52 bits per heavy atom. The Labute approximate surface area is 149 Å². The van der Waals surface area contributed by atoms with Crippen LogP contribution in [0.1, 0.15) is 18.1 Å². The Kier molecular flexibility index (Phi) is 7.29.